The highest BCUT2D eigenvalue weighted by Crippen LogP contribution is 2.36. The van der Waals surface area contributed by atoms with Gasteiger partial charge in [-0.25, -0.2) is 4.98 Å². The summed E-state index contributed by atoms with van der Waals surface area (Å²) < 4.78 is 49.2. The second kappa shape index (κ2) is 9.32. The smallest absolute Gasteiger partial charge is 0.417 e. The minimum atomic E-state index is -4.49. The Kier molecular flexibility index (Phi) is 6.50. The summed E-state index contributed by atoms with van der Waals surface area (Å²) in [5.74, 6) is 0.120. The van der Waals surface area contributed by atoms with Gasteiger partial charge < -0.3 is 19.5 Å². The number of aromatic nitrogens is 2. The van der Waals surface area contributed by atoms with Gasteiger partial charge in [-0.2, -0.15) is 13.2 Å². The first-order valence-corrected chi connectivity index (χ1v) is 10.6. The van der Waals surface area contributed by atoms with Crippen molar-refractivity contribution in [3.05, 3.63) is 47.9 Å². The molecule has 1 saturated heterocycles. The van der Waals surface area contributed by atoms with Crippen LogP contribution in [-0.4, -0.2) is 51.2 Å². The first kappa shape index (κ1) is 22.3. The maximum atomic E-state index is 12.9. The summed E-state index contributed by atoms with van der Waals surface area (Å²) in [5.41, 5.74) is -0.356. The van der Waals surface area contributed by atoms with E-state index in [4.69, 9.17) is 9.47 Å². The van der Waals surface area contributed by atoms with Crippen molar-refractivity contribution in [2.75, 3.05) is 13.2 Å². The van der Waals surface area contributed by atoms with Crippen LogP contribution in [0.25, 0.3) is 0 Å². The molecule has 1 aliphatic heterocycles. The maximum Gasteiger partial charge on any atom is 0.417 e. The van der Waals surface area contributed by atoms with Gasteiger partial charge in [0, 0.05) is 36.8 Å². The number of hydrogen-bond acceptors (Lipinski definition) is 6. The third-order valence-corrected chi connectivity index (χ3v) is 5.59. The average Bonchev–Trinajstić information content (AvgIpc) is 3.61. The minimum Gasteiger partial charge on any atom is -0.490 e. The van der Waals surface area contributed by atoms with E-state index in [0.29, 0.717) is 30.5 Å². The van der Waals surface area contributed by atoms with Gasteiger partial charge in [0.05, 0.1) is 17.7 Å². The first-order valence-electron chi connectivity index (χ1n) is 10.6. The van der Waals surface area contributed by atoms with E-state index < -0.39 is 23.9 Å². The summed E-state index contributed by atoms with van der Waals surface area (Å²) >= 11 is 0. The molecule has 0 aromatic carbocycles. The number of nitrogens with zero attached hydrogens (tertiary/aromatic N) is 3. The Labute approximate surface area is 183 Å². The normalized spacial score (nSPS) is 20.0. The van der Waals surface area contributed by atoms with E-state index in [2.05, 4.69) is 9.97 Å². The molecule has 2 fully saturated rings. The molecule has 2 aromatic heterocycles. The van der Waals surface area contributed by atoms with Crippen LogP contribution in [0, 0.1) is 0 Å². The number of halogens is 3. The molecular weight excluding hydrogens is 427 g/mol. The third kappa shape index (κ3) is 5.29. The molecule has 2 atom stereocenters. The predicted molar refractivity (Wildman–Crippen MR) is 107 cm³/mol. The molecule has 4 rings (SSSR count). The molecule has 2 aliphatic rings. The topological polar surface area (TPSA) is 84.8 Å². The molecule has 32 heavy (non-hydrogen) atoms. The Balaban J connectivity index is 1.42. The molecule has 1 amide bonds. The number of aliphatic hydroxyl groups excluding tert-OH is 1. The second-order valence-corrected chi connectivity index (χ2v) is 8.00. The molecule has 1 unspecified atom stereocenters. The van der Waals surface area contributed by atoms with Crippen LogP contribution in [-0.2, 0) is 11.0 Å². The molecule has 3 heterocycles. The lowest BCUT2D eigenvalue weighted by Crippen LogP contribution is -2.48. The number of piperidine rings is 1. The number of rotatable bonds is 7. The van der Waals surface area contributed by atoms with Crippen LogP contribution in [0.15, 0.2) is 36.8 Å². The van der Waals surface area contributed by atoms with Crippen molar-refractivity contribution in [1.29, 1.82) is 0 Å². The SMILES string of the molecule is O=C(COc1ccc(C(F)(F)F)cn1)N1CCCC[C@@H]1C(O)c1cnccc1OC1CC1. The lowest BCUT2D eigenvalue weighted by molar-refractivity contribution is -0.141. The number of amides is 1. The van der Waals surface area contributed by atoms with E-state index >= 15 is 0 Å². The highest BCUT2D eigenvalue weighted by Gasteiger charge is 2.35. The molecule has 0 spiro atoms. The summed E-state index contributed by atoms with van der Waals surface area (Å²) in [7, 11) is 0. The fourth-order valence-electron chi connectivity index (χ4n) is 3.74. The van der Waals surface area contributed by atoms with E-state index in [9.17, 15) is 23.1 Å². The summed E-state index contributed by atoms with van der Waals surface area (Å²) in [6, 6.07) is 3.16. The van der Waals surface area contributed by atoms with Crippen molar-refractivity contribution in [3.8, 4) is 11.6 Å². The van der Waals surface area contributed by atoms with Crippen LogP contribution >= 0.6 is 0 Å². The molecule has 7 nitrogen and oxygen atoms in total. The van der Waals surface area contributed by atoms with Crippen LogP contribution in [0.1, 0.15) is 49.3 Å². The molecule has 1 aliphatic carbocycles. The van der Waals surface area contributed by atoms with Crippen molar-refractivity contribution in [2.24, 2.45) is 0 Å². The number of carbonyl (C=O) groups excluding carboxylic acids is 1. The third-order valence-electron chi connectivity index (χ3n) is 5.59. The lowest BCUT2D eigenvalue weighted by atomic mass is 9.93. The molecule has 10 heteroatoms. The van der Waals surface area contributed by atoms with Crippen molar-refractivity contribution in [1.82, 2.24) is 14.9 Å². The monoisotopic (exact) mass is 451 g/mol. The Morgan fingerprint density at radius 1 is 1.19 bits per heavy atom. The van der Waals surface area contributed by atoms with Gasteiger partial charge in [-0.3, -0.25) is 9.78 Å². The van der Waals surface area contributed by atoms with Gasteiger partial charge in [-0.05, 0) is 44.2 Å². The number of aliphatic hydroxyl groups is 1. The number of pyridine rings is 2. The van der Waals surface area contributed by atoms with E-state index in [0.717, 1.165) is 37.8 Å². The van der Waals surface area contributed by atoms with E-state index in [1.807, 2.05) is 0 Å². The first-order chi connectivity index (χ1) is 15.3. The quantitative estimate of drug-likeness (QED) is 0.693. The van der Waals surface area contributed by atoms with Crippen LogP contribution in [0.2, 0.25) is 0 Å². The molecule has 1 saturated carbocycles. The molecule has 0 bridgehead atoms. The van der Waals surface area contributed by atoms with Crippen LogP contribution < -0.4 is 9.47 Å². The van der Waals surface area contributed by atoms with Gasteiger partial charge in [0.2, 0.25) is 5.88 Å². The minimum absolute atomic E-state index is 0.0761. The van der Waals surface area contributed by atoms with Crippen molar-refractivity contribution in [2.45, 2.75) is 56.5 Å². The average molecular weight is 451 g/mol. The standard InChI is InChI=1S/C22H24F3N3O4/c23-22(24,25)14-4-7-19(27-11-14)31-13-20(29)28-10-2-1-3-17(28)21(30)16-12-26-9-8-18(16)32-15-5-6-15/h4,7-9,11-12,15,17,21,30H,1-3,5-6,10,13H2/t17-,21?/m1/s1. The fraction of sp³-hybridized carbons (Fsp3) is 0.500. The predicted octanol–water partition coefficient (Wildman–Crippen LogP) is 3.53. The van der Waals surface area contributed by atoms with Gasteiger partial charge in [-0.15, -0.1) is 0 Å². The lowest BCUT2D eigenvalue weighted by Gasteiger charge is -2.38. The van der Waals surface area contributed by atoms with E-state index in [1.165, 1.54) is 0 Å². The summed E-state index contributed by atoms with van der Waals surface area (Å²) in [4.78, 5) is 22.1. The van der Waals surface area contributed by atoms with Gasteiger partial charge in [0.25, 0.3) is 5.91 Å². The van der Waals surface area contributed by atoms with Crippen LogP contribution in [0.4, 0.5) is 13.2 Å². The Morgan fingerprint density at radius 3 is 2.69 bits per heavy atom. The molecule has 2 aromatic rings. The van der Waals surface area contributed by atoms with Crippen molar-refractivity contribution >= 4 is 5.91 Å². The highest BCUT2D eigenvalue weighted by molar-refractivity contribution is 5.78. The number of carbonyl (C=O) groups is 1. The molecule has 172 valence electrons. The van der Waals surface area contributed by atoms with E-state index in [-0.39, 0.29) is 24.5 Å². The number of hydrogen-bond donors (Lipinski definition) is 1. The van der Waals surface area contributed by atoms with Crippen LogP contribution in [0.5, 0.6) is 11.6 Å². The highest BCUT2D eigenvalue weighted by atomic mass is 19.4. The van der Waals surface area contributed by atoms with Gasteiger partial charge >= 0.3 is 6.18 Å². The number of ether oxygens (including phenoxy) is 2. The van der Waals surface area contributed by atoms with Crippen molar-refractivity contribution in [3.63, 3.8) is 0 Å². The Hall–Kier alpha value is -2.88. The van der Waals surface area contributed by atoms with Crippen LogP contribution in [0.3, 0.4) is 0 Å². The largest absolute Gasteiger partial charge is 0.490 e. The van der Waals surface area contributed by atoms with Gasteiger partial charge in [0.15, 0.2) is 6.61 Å². The number of likely N-dealkylation sites (tertiary alicyclic amines) is 1. The fourth-order valence-corrected chi connectivity index (χ4v) is 3.74. The Bertz CT molecular complexity index is 935. The zero-order chi connectivity index (χ0) is 22.7. The summed E-state index contributed by atoms with van der Waals surface area (Å²) in [6.07, 6.45) is 2.68. The maximum absolute atomic E-state index is 12.9. The molecule has 0 radical (unpaired) electrons. The Morgan fingerprint density at radius 2 is 2.00 bits per heavy atom. The zero-order valence-electron chi connectivity index (χ0n) is 17.3. The van der Waals surface area contributed by atoms with Gasteiger partial charge in [0.1, 0.15) is 11.9 Å². The molecule has 1 N–H and O–H groups in total. The summed E-state index contributed by atoms with van der Waals surface area (Å²) in [6.45, 7) is 0.0590. The second-order valence-electron chi connectivity index (χ2n) is 8.00. The van der Waals surface area contributed by atoms with E-state index in [1.54, 1.807) is 23.4 Å². The van der Waals surface area contributed by atoms with Gasteiger partial charge in [-0.1, -0.05) is 0 Å². The number of alkyl halides is 3. The zero-order valence-corrected chi connectivity index (χ0v) is 17.3. The molecular formula is C22H24F3N3O4. The van der Waals surface area contributed by atoms with Crippen molar-refractivity contribution < 1.29 is 32.5 Å². The summed E-state index contributed by atoms with van der Waals surface area (Å²) in [5, 5.41) is 11.1.